The number of anilines is 1. The fourth-order valence-electron chi connectivity index (χ4n) is 2.39. The molecule has 26 heavy (non-hydrogen) atoms. The number of nitrogens with zero attached hydrogens (tertiary/aromatic N) is 2. The van der Waals surface area contributed by atoms with Gasteiger partial charge in [-0.3, -0.25) is 4.79 Å². The summed E-state index contributed by atoms with van der Waals surface area (Å²) in [6.45, 7) is 6.28. The average Bonchev–Trinajstić information content (AvgIpc) is 2.64. The Kier molecular flexibility index (Phi) is 6.75. The lowest BCUT2D eigenvalue weighted by Gasteiger charge is -2.18. The maximum Gasteiger partial charge on any atom is 0.263 e. The topological polar surface area (TPSA) is 87.0 Å². The molecule has 6 heteroatoms. The van der Waals surface area contributed by atoms with Gasteiger partial charge in [0.1, 0.15) is 23.2 Å². The van der Waals surface area contributed by atoms with E-state index in [-0.39, 0.29) is 11.6 Å². The quantitative estimate of drug-likeness (QED) is 0.590. The van der Waals surface area contributed by atoms with Crippen LogP contribution in [0.3, 0.4) is 0 Å². The summed E-state index contributed by atoms with van der Waals surface area (Å²) in [5.74, 6) is 0.811. The van der Waals surface area contributed by atoms with Crippen molar-refractivity contribution < 1.29 is 9.53 Å². The Morgan fingerprint density at radius 2 is 2.19 bits per heavy atom. The number of ether oxygens (including phenoxy) is 1. The Hall–Kier alpha value is -3.33. The van der Waals surface area contributed by atoms with Gasteiger partial charge < -0.3 is 15.4 Å². The molecule has 1 aromatic heterocycles. The van der Waals surface area contributed by atoms with E-state index < -0.39 is 5.91 Å². The third kappa shape index (κ3) is 5.08. The minimum Gasteiger partial charge on any atom is -0.494 e. The number of nitrogens with one attached hydrogen (secondary N) is 2. The van der Waals surface area contributed by atoms with Gasteiger partial charge >= 0.3 is 0 Å². The number of aromatic nitrogens is 1. The fraction of sp³-hybridized carbons (Fsp3) is 0.250. The van der Waals surface area contributed by atoms with Crippen molar-refractivity contribution in [3.05, 3.63) is 65.5 Å². The number of amides is 1. The minimum absolute atomic E-state index is 0.0342. The van der Waals surface area contributed by atoms with Crippen LogP contribution in [0.5, 0.6) is 5.75 Å². The zero-order valence-corrected chi connectivity index (χ0v) is 15.1. The van der Waals surface area contributed by atoms with Crippen LogP contribution in [0.15, 0.2) is 54.4 Å². The van der Waals surface area contributed by atoms with Gasteiger partial charge in [0.15, 0.2) is 0 Å². The van der Waals surface area contributed by atoms with Gasteiger partial charge in [0, 0.05) is 18.0 Å². The smallest absolute Gasteiger partial charge is 0.263 e. The Morgan fingerprint density at radius 3 is 2.85 bits per heavy atom. The van der Waals surface area contributed by atoms with Gasteiger partial charge in [0.2, 0.25) is 0 Å². The van der Waals surface area contributed by atoms with Crippen LogP contribution in [0.4, 0.5) is 5.82 Å². The van der Waals surface area contributed by atoms with Gasteiger partial charge in [0.25, 0.3) is 5.91 Å². The number of hydrogen-bond acceptors (Lipinski definition) is 5. The number of rotatable bonds is 7. The van der Waals surface area contributed by atoms with Crippen molar-refractivity contribution in [2.75, 3.05) is 11.9 Å². The number of carbonyl (C=O) groups is 1. The zero-order valence-electron chi connectivity index (χ0n) is 15.1. The van der Waals surface area contributed by atoms with Crippen LogP contribution in [-0.2, 0) is 4.79 Å². The van der Waals surface area contributed by atoms with Gasteiger partial charge in [-0.25, -0.2) is 4.98 Å². The van der Waals surface area contributed by atoms with E-state index in [1.807, 2.05) is 51.1 Å². The molecule has 0 aliphatic rings. The summed E-state index contributed by atoms with van der Waals surface area (Å²) in [5.41, 5.74) is 1.90. The summed E-state index contributed by atoms with van der Waals surface area (Å²) >= 11 is 0. The molecule has 1 amide bonds. The van der Waals surface area contributed by atoms with E-state index in [1.54, 1.807) is 18.3 Å². The molecule has 2 aromatic rings. The zero-order chi connectivity index (χ0) is 18.9. The first kappa shape index (κ1) is 19.0. The van der Waals surface area contributed by atoms with E-state index in [1.165, 1.54) is 6.20 Å². The molecule has 0 radical (unpaired) electrons. The number of carbonyl (C=O) groups excluding carboxylic acids is 1. The molecular formula is C20H22N4O2. The number of aryl methyl sites for hydroxylation is 1. The average molecular weight is 350 g/mol. The van der Waals surface area contributed by atoms with Crippen molar-refractivity contribution in [3.8, 4) is 11.8 Å². The van der Waals surface area contributed by atoms with Crippen LogP contribution in [-0.4, -0.2) is 17.5 Å². The molecule has 0 fully saturated rings. The number of hydrogen-bond donors (Lipinski definition) is 2. The second kappa shape index (κ2) is 9.23. The van der Waals surface area contributed by atoms with E-state index in [4.69, 9.17) is 4.74 Å². The number of nitriles is 1. The molecule has 0 saturated heterocycles. The summed E-state index contributed by atoms with van der Waals surface area (Å²) in [4.78, 5) is 16.5. The van der Waals surface area contributed by atoms with Crippen LogP contribution < -0.4 is 15.4 Å². The Balaban J connectivity index is 2.12. The minimum atomic E-state index is -0.465. The van der Waals surface area contributed by atoms with Gasteiger partial charge in [-0.05, 0) is 39.0 Å². The van der Waals surface area contributed by atoms with E-state index >= 15 is 0 Å². The van der Waals surface area contributed by atoms with Crippen LogP contribution in [0.25, 0.3) is 0 Å². The number of benzene rings is 1. The van der Waals surface area contributed by atoms with Crippen LogP contribution in [0.1, 0.15) is 31.0 Å². The largest absolute Gasteiger partial charge is 0.494 e. The summed E-state index contributed by atoms with van der Waals surface area (Å²) in [6, 6.07) is 12.8. The Labute approximate surface area is 153 Å². The highest BCUT2D eigenvalue weighted by Gasteiger charge is 2.17. The van der Waals surface area contributed by atoms with E-state index in [2.05, 4.69) is 15.6 Å². The molecule has 134 valence electrons. The van der Waals surface area contributed by atoms with Gasteiger partial charge in [-0.2, -0.15) is 5.26 Å². The second-order valence-corrected chi connectivity index (χ2v) is 5.70. The lowest BCUT2D eigenvalue weighted by molar-refractivity contribution is -0.117. The Bertz CT molecular complexity index is 825. The molecule has 0 spiro atoms. The van der Waals surface area contributed by atoms with Gasteiger partial charge in [-0.1, -0.05) is 23.8 Å². The summed E-state index contributed by atoms with van der Waals surface area (Å²) in [6.07, 6.45) is 2.97. The Morgan fingerprint density at radius 1 is 1.38 bits per heavy atom. The first-order valence-electron chi connectivity index (χ1n) is 8.37. The first-order chi connectivity index (χ1) is 12.5. The molecule has 1 heterocycles. The SMILES string of the molecule is CCOc1ccc(C)cc1C(C)NC(=O)/C(C#N)=C\Nc1ccccn1. The van der Waals surface area contributed by atoms with Crippen molar-refractivity contribution in [1.82, 2.24) is 10.3 Å². The van der Waals surface area contributed by atoms with Crippen molar-refractivity contribution in [1.29, 1.82) is 5.26 Å². The molecule has 6 nitrogen and oxygen atoms in total. The molecule has 0 saturated carbocycles. The van der Waals surface area contributed by atoms with Crippen molar-refractivity contribution in [2.45, 2.75) is 26.8 Å². The monoisotopic (exact) mass is 350 g/mol. The fourth-order valence-corrected chi connectivity index (χ4v) is 2.39. The normalized spacial score (nSPS) is 12.0. The van der Waals surface area contributed by atoms with Crippen molar-refractivity contribution in [2.24, 2.45) is 0 Å². The lowest BCUT2D eigenvalue weighted by atomic mass is 10.0. The molecule has 1 aromatic carbocycles. The highest BCUT2D eigenvalue weighted by atomic mass is 16.5. The van der Waals surface area contributed by atoms with Crippen LogP contribution >= 0.6 is 0 Å². The summed E-state index contributed by atoms with van der Waals surface area (Å²) in [5, 5.41) is 15.0. The first-order valence-corrected chi connectivity index (χ1v) is 8.37. The third-order valence-electron chi connectivity index (χ3n) is 3.67. The van der Waals surface area contributed by atoms with E-state index in [0.29, 0.717) is 12.4 Å². The molecular weight excluding hydrogens is 328 g/mol. The van der Waals surface area contributed by atoms with Crippen LogP contribution in [0.2, 0.25) is 0 Å². The van der Waals surface area contributed by atoms with Crippen molar-refractivity contribution in [3.63, 3.8) is 0 Å². The van der Waals surface area contributed by atoms with E-state index in [9.17, 15) is 10.1 Å². The molecule has 0 bridgehead atoms. The highest BCUT2D eigenvalue weighted by molar-refractivity contribution is 5.97. The van der Waals surface area contributed by atoms with Gasteiger partial charge in [-0.15, -0.1) is 0 Å². The van der Waals surface area contributed by atoms with Crippen molar-refractivity contribution >= 4 is 11.7 Å². The maximum absolute atomic E-state index is 12.4. The standard InChI is InChI=1S/C20H22N4O2/c1-4-26-18-9-8-14(2)11-17(18)15(3)24-20(25)16(12-21)13-23-19-7-5-6-10-22-19/h5-11,13,15H,4H2,1-3H3,(H,22,23)(H,24,25)/b16-13-. The molecule has 2 rings (SSSR count). The molecule has 0 aliphatic heterocycles. The molecule has 2 N–H and O–H groups in total. The molecule has 1 unspecified atom stereocenters. The van der Waals surface area contributed by atoms with Gasteiger partial charge in [0.05, 0.1) is 12.6 Å². The predicted molar refractivity (Wildman–Crippen MR) is 100 cm³/mol. The summed E-state index contributed by atoms with van der Waals surface area (Å²) in [7, 11) is 0. The molecule has 1 atom stereocenters. The predicted octanol–water partition coefficient (Wildman–Crippen LogP) is 3.49. The van der Waals surface area contributed by atoms with Crippen LogP contribution in [0, 0.1) is 18.3 Å². The highest BCUT2D eigenvalue weighted by Crippen LogP contribution is 2.26. The second-order valence-electron chi connectivity index (χ2n) is 5.70. The number of pyridine rings is 1. The lowest BCUT2D eigenvalue weighted by Crippen LogP contribution is -2.28. The van der Waals surface area contributed by atoms with E-state index in [0.717, 1.165) is 16.9 Å². The summed E-state index contributed by atoms with van der Waals surface area (Å²) < 4.78 is 5.64. The maximum atomic E-state index is 12.4. The molecule has 0 aliphatic carbocycles. The third-order valence-corrected chi connectivity index (χ3v) is 3.67.